The molecule has 0 unspecified atom stereocenters. The second-order valence-corrected chi connectivity index (χ2v) is 3.31. The molecule has 0 aliphatic heterocycles. The van der Waals surface area contributed by atoms with Gasteiger partial charge >= 0.3 is 0 Å². The van der Waals surface area contributed by atoms with E-state index in [0.717, 1.165) is 0 Å². The Bertz CT molecular complexity index is 320. The number of amides is 1. The molecule has 0 aliphatic carbocycles. The highest BCUT2D eigenvalue weighted by molar-refractivity contribution is 6.32. The Morgan fingerprint density at radius 1 is 1.80 bits per heavy atom. The van der Waals surface area contributed by atoms with Crippen LogP contribution in [0.15, 0.2) is 6.20 Å². The van der Waals surface area contributed by atoms with Gasteiger partial charge in [-0.1, -0.05) is 11.6 Å². The molecule has 1 rings (SSSR count). The molecule has 0 saturated heterocycles. The second-order valence-electron chi connectivity index (χ2n) is 2.90. The predicted molar refractivity (Wildman–Crippen MR) is 56.5 cm³/mol. The fraction of sp³-hybridized carbons (Fsp3) is 0.500. The van der Waals surface area contributed by atoms with Crippen LogP contribution in [0.4, 0.5) is 5.82 Å². The average Bonchev–Trinajstić information content (AvgIpc) is 2.46. The molecule has 0 fully saturated rings. The number of hydrogen-bond donors (Lipinski definition) is 2. The first-order chi connectivity index (χ1) is 7.13. The summed E-state index contributed by atoms with van der Waals surface area (Å²) in [6.07, 6.45) is 1.51. The quantitative estimate of drug-likeness (QED) is 0.694. The topological polar surface area (TPSA) is 82.2 Å². The molecule has 6 nitrogen and oxygen atoms in total. The van der Waals surface area contributed by atoms with Gasteiger partial charge in [-0.15, -0.1) is 0 Å². The molecule has 3 N–H and O–H groups in total. The van der Waals surface area contributed by atoms with Crippen molar-refractivity contribution >= 4 is 23.3 Å². The molecule has 0 aliphatic rings. The van der Waals surface area contributed by atoms with Gasteiger partial charge < -0.3 is 15.8 Å². The van der Waals surface area contributed by atoms with Crippen LogP contribution in [0.25, 0.3) is 0 Å². The first kappa shape index (κ1) is 11.8. The molecule has 0 aromatic carbocycles. The molecule has 0 spiro atoms. The van der Waals surface area contributed by atoms with Crippen LogP contribution in [0.5, 0.6) is 0 Å². The van der Waals surface area contributed by atoms with Crippen LogP contribution >= 0.6 is 11.6 Å². The van der Waals surface area contributed by atoms with Gasteiger partial charge in [-0.05, 0) is 0 Å². The molecule has 1 heterocycles. The minimum atomic E-state index is -0.161. The summed E-state index contributed by atoms with van der Waals surface area (Å²) >= 11 is 5.68. The summed E-state index contributed by atoms with van der Waals surface area (Å²) in [4.78, 5) is 11.3. The van der Waals surface area contributed by atoms with E-state index in [1.165, 1.54) is 10.9 Å². The van der Waals surface area contributed by atoms with Crippen LogP contribution in [-0.4, -0.2) is 35.9 Å². The van der Waals surface area contributed by atoms with E-state index in [1.54, 1.807) is 7.11 Å². The first-order valence-electron chi connectivity index (χ1n) is 4.37. The largest absolute Gasteiger partial charge is 0.383 e. The minimum absolute atomic E-state index is 0.0979. The van der Waals surface area contributed by atoms with Crippen molar-refractivity contribution in [3.8, 4) is 0 Å². The highest BCUT2D eigenvalue weighted by Gasteiger charge is 2.06. The fourth-order valence-corrected chi connectivity index (χ4v) is 1.14. The molecule has 84 valence electrons. The first-order valence-corrected chi connectivity index (χ1v) is 4.75. The normalized spacial score (nSPS) is 10.3. The van der Waals surface area contributed by atoms with Crippen LogP contribution in [0.2, 0.25) is 5.02 Å². The van der Waals surface area contributed by atoms with E-state index in [0.29, 0.717) is 18.2 Å². The highest BCUT2D eigenvalue weighted by Crippen LogP contribution is 2.14. The van der Waals surface area contributed by atoms with Gasteiger partial charge in [0.15, 0.2) is 5.82 Å². The van der Waals surface area contributed by atoms with Gasteiger partial charge in [0.2, 0.25) is 5.91 Å². The van der Waals surface area contributed by atoms with Gasteiger partial charge in [0.05, 0.1) is 6.61 Å². The molecule has 7 heteroatoms. The van der Waals surface area contributed by atoms with Crippen LogP contribution < -0.4 is 11.1 Å². The number of methoxy groups -OCH3 is 1. The van der Waals surface area contributed by atoms with Crippen LogP contribution in [0.1, 0.15) is 0 Å². The Morgan fingerprint density at radius 2 is 2.53 bits per heavy atom. The molecular weight excluding hydrogens is 220 g/mol. The number of rotatable bonds is 5. The van der Waals surface area contributed by atoms with E-state index >= 15 is 0 Å². The maximum atomic E-state index is 11.3. The summed E-state index contributed by atoms with van der Waals surface area (Å²) in [5, 5.41) is 6.85. The Morgan fingerprint density at radius 3 is 3.07 bits per heavy atom. The number of hydrogen-bond acceptors (Lipinski definition) is 4. The molecule has 1 aromatic rings. The zero-order valence-corrected chi connectivity index (χ0v) is 9.12. The zero-order valence-electron chi connectivity index (χ0n) is 8.36. The standard InChI is InChI=1S/C8H13ClN4O2/c1-15-3-2-11-7(14)5-13-4-6(9)8(10)12-13/h4H,2-3,5H2,1H3,(H2,10,12)(H,11,14). The van der Waals surface area contributed by atoms with Gasteiger partial charge in [0, 0.05) is 19.9 Å². The van der Waals surface area contributed by atoms with E-state index in [-0.39, 0.29) is 18.3 Å². The number of anilines is 1. The lowest BCUT2D eigenvalue weighted by Crippen LogP contribution is -2.30. The van der Waals surface area contributed by atoms with Gasteiger partial charge in [0.25, 0.3) is 0 Å². The predicted octanol–water partition coefficient (Wildman–Crippen LogP) is -0.119. The Balaban J connectivity index is 2.37. The molecule has 1 aromatic heterocycles. The number of nitrogens with one attached hydrogen (secondary N) is 1. The molecule has 0 atom stereocenters. The number of aromatic nitrogens is 2. The number of ether oxygens (including phenoxy) is 1. The number of nitrogen functional groups attached to an aromatic ring is 1. The van der Waals surface area contributed by atoms with Crippen molar-refractivity contribution in [2.24, 2.45) is 0 Å². The van der Waals surface area contributed by atoms with Crippen molar-refractivity contribution in [2.75, 3.05) is 26.0 Å². The Kier molecular flexibility index (Phi) is 4.38. The molecule has 15 heavy (non-hydrogen) atoms. The van der Waals surface area contributed by atoms with Crippen molar-refractivity contribution in [3.05, 3.63) is 11.2 Å². The lowest BCUT2D eigenvalue weighted by molar-refractivity contribution is -0.122. The third kappa shape index (κ3) is 3.77. The van der Waals surface area contributed by atoms with Gasteiger partial charge in [0.1, 0.15) is 11.6 Å². The third-order valence-corrected chi connectivity index (χ3v) is 1.97. The monoisotopic (exact) mass is 232 g/mol. The van der Waals surface area contributed by atoms with Gasteiger partial charge in [-0.25, -0.2) is 0 Å². The van der Waals surface area contributed by atoms with Crippen molar-refractivity contribution in [1.29, 1.82) is 0 Å². The van der Waals surface area contributed by atoms with E-state index in [2.05, 4.69) is 10.4 Å². The molecular formula is C8H13ClN4O2. The van der Waals surface area contributed by atoms with Crippen molar-refractivity contribution in [1.82, 2.24) is 15.1 Å². The summed E-state index contributed by atoms with van der Waals surface area (Å²) in [6.45, 7) is 1.05. The molecule has 0 saturated carbocycles. The molecule has 0 bridgehead atoms. The number of halogens is 1. The number of carbonyl (C=O) groups is 1. The lowest BCUT2D eigenvalue weighted by atomic mass is 10.5. The number of carbonyl (C=O) groups excluding carboxylic acids is 1. The van der Waals surface area contributed by atoms with Crippen LogP contribution in [0, 0.1) is 0 Å². The summed E-state index contributed by atoms with van der Waals surface area (Å²) in [5.74, 6) is 0.0626. The smallest absolute Gasteiger partial charge is 0.241 e. The zero-order chi connectivity index (χ0) is 11.3. The summed E-state index contributed by atoms with van der Waals surface area (Å²) in [6, 6.07) is 0. The van der Waals surface area contributed by atoms with Gasteiger partial charge in [-0.3, -0.25) is 9.48 Å². The second kappa shape index (κ2) is 5.57. The van der Waals surface area contributed by atoms with E-state index in [9.17, 15) is 4.79 Å². The number of nitrogens with zero attached hydrogens (tertiary/aromatic N) is 2. The maximum Gasteiger partial charge on any atom is 0.241 e. The van der Waals surface area contributed by atoms with Gasteiger partial charge in [-0.2, -0.15) is 5.10 Å². The number of nitrogens with two attached hydrogens (primary N) is 1. The van der Waals surface area contributed by atoms with Crippen molar-refractivity contribution in [2.45, 2.75) is 6.54 Å². The minimum Gasteiger partial charge on any atom is -0.383 e. The lowest BCUT2D eigenvalue weighted by Gasteiger charge is -2.03. The van der Waals surface area contributed by atoms with E-state index < -0.39 is 0 Å². The van der Waals surface area contributed by atoms with Crippen molar-refractivity contribution in [3.63, 3.8) is 0 Å². The maximum absolute atomic E-state index is 11.3. The molecule has 1 amide bonds. The Labute approximate surface area is 92.3 Å². The van der Waals surface area contributed by atoms with Crippen LogP contribution in [0.3, 0.4) is 0 Å². The summed E-state index contributed by atoms with van der Waals surface area (Å²) in [7, 11) is 1.57. The van der Waals surface area contributed by atoms with E-state index in [1.807, 2.05) is 0 Å². The SMILES string of the molecule is COCCNC(=O)Cn1cc(Cl)c(N)n1. The average molecular weight is 233 g/mol. The molecule has 0 radical (unpaired) electrons. The Hall–Kier alpha value is -1.27. The van der Waals surface area contributed by atoms with Crippen LogP contribution in [-0.2, 0) is 16.1 Å². The van der Waals surface area contributed by atoms with Crippen molar-refractivity contribution < 1.29 is 9.53 Å². The third-order valence-electron chi connectivity index (χ3n) is 1.68. The highest BCUT2D eigenvalue weighted by atomic mass is 35.5. The summed E-state index contributed by atoms with van der Waals surface area (Å²) in [5.41, 5.74) is 5.42. The fourth-order valence-electron chi connectivity index (χ4n) is 0.989. The summed E-state index contributed by atoms with van der Waals surface area (Å²) < 4.78 is 6.18. The van der Waals surface area contributed by atoms with E-state index in [4.69, 9.17) is 22.1 Å².